The molecule has 0 bridgehead atoms. The van der Waals surface area contributed by atoms with Crippen LogP contribution in [0.4, 0.5) is 0 Å². The van der Waals surface area contributed by atoms with Crippen LogP contribution in [0.5, 0.6) is 0 Å². The largest absolute Gasteiger partial charge is 0.415 e. The Morgan fingerprint density at radius 2 is 1.06 bits per heavy atom. The Kier molecular flexibility index (Phi) is 6.08. The molecule has 0 saturated carbocycles. The highest BCUT2D eigenvalue weighted by atomic mass is 28.5. The number of hydrogen-bond donors (Lipinski definition) is 0. The standard InChI is InChI=1S/C9H26O4Si3/c1-9-16(8,12-14(4,5)10-2)13-15(6,7)11-3/h9H2,1-8H3. The summed E-state index contributed by atoms with van der Waals surface area (Å²) < 4.78 is 23.2. The molecule has 0 radical (unpaired) electrons. The molecule has 0 amide bonds. The van der Waals surface area contributed by atoms with Crippen LogP contribution in [0.1, 0.15) is 6.92 Å². The first-order chi connectivity index (χ1) is 7.10. The normalized spacial score (nSPS) is 14.2. The molecule has 0 aromatic carbocycles. The van der Waals surface area contributed by atoms with E-state index in [2.05, 4.69) is 13.5 Å². The zero-order valence-electron chi connectivity index (χ0n) is 11.8. The second-order valence-electron chi connectivity index (χ2n) is 4.90. The molecular formula is C9H26O4Si3. The Labute approximate surface area is 103 Å². The molecule has 4 nitrogen and oxygen atoms in total. The Morgan fingerprint density at radius 3 is 1.25 bits per heavy atom. The van der Waals surface area contributed by atoms with Gasteiger partial charge in [0.25, 0.3) is 0 Å². The van der Waals surface area contributed by atoms with Crippen molar-refractivity contribution < 1.29 is 17.1 Å². The van der Waals surface area contributed by atoms with Crippen LogP contribution in [-0.4, -0.2) is 39.9 Å². The highest BCUT2D eigenvalue weighted by molar-refractivity contribution is 6.85. The van der Waals surface area contributed by atoms with E-state index in [0.717, 1.165) is 6.04 Å². The zero-order valence-corrected chi connectivity index (χ0v) is 14.8. The summed E-state index contributed by atoms with van der Waals surface area (Å²) in [6, 6.07) is 0.909. The van der Waals surface area contributed by atoms with E-state index in [9.17, 15) is 0 Å². The van der Waals surface area contributed by atoms with Crippen molar-refractivity contribution in [3.05, 3.63) is 0 Å². The van der Waals surface area contributed by atoms with Gasteiger partial charge in [-0.25, -0.2) is 0 Å². The lowest BCUT2D eigenvalue weighted by atomic mass is 11.0. The average Bonchev–Trinajstić information content (AvgIpc) is 2.16. The highest BCUT2D eigenvalue weighted by Gasteiger charge is 2.43. The Balaban J connectivity index is 4.67. The molecule has 0 aliphatic carbocycles. The second-order valence-corrected chi connectivity index (χ2v) is 15.9. The first-order valence-corrected chi connectivity index (χ1v) is 13.8. The summed E-state index contributed by atoms with van der Waals surface area (Å²) in [5.74, 6) is 0. The van der Waals surface area contributed by atoms with Gasteiger partial charge in [0, 0.05) is 14.2 Å². The number of hydrogen-bond acceptors (Lipinski definition) is 4. The monoisotopic (exact) mass is 282 g/mol. The smallest absolute Gasteiger partial charge is 0.322 e. The van der Waals surface area contributed by atoms with Crippen LogP contribution in [0.15, 0.2) is 0 Å². The molecule has 0 aliphatic rings. The molecule has 0 heterocycles. The first kappa shape index (κ1) is 16.5. The molecule has 0 fully saturated rings. The summed E-state index contributed by atoms with van der Waals surface area (Å²) in [5.41, 5.74) is 0. The molecule has 0 aromatic heterocycles. The minimum atomic E-state index is -2.16. The van der Waals surface area contributed by atoms with E-state index in [1.807, 2.05) is 26.2 Å². The zero-order chi connectivity index (χ0) is 13.0. The number of rotatable bonds is 7. The molecule has 0 N–H and O–H groups in total. The lowest BCUT2D eigenvalue weighted by Gasteiger charge is -2.38. The molecule has 0 unspecified atom stereocenters. The molecule has 0 atom stereocenters. The summed E-state index contributed by atoms with van der Waals surface area (Å²) in [4.78, 5) is 0. The quantitative estimate of drug-likeness (QED) is 0.673. The van der Waals surface area contributed by atoms with E-state index in [-0.39, 0.29) is 0 Å². The fraction of sp³-hybridized carbons (Fsp3) is 1.00. The third kappa shape index (κ3) is 5.71. The van der Waals surface area contributed by atoms with Crippen molar-refractivity contribution in [2.24, 2.45) is 0 Å². The lowest BCUT2D eigenvalue weighted by molar-refractivity contribution is 0.244. The lowest BCUT2D eigenvalue weighted by Crippen LogP contribution is -2.55. The van der Waals surface area contributed by atoms with Crippen LogP contribution in [-0.2, 0) is 17.1 Å². The van der Waals surface area contributed by atoms with Gasteiger partial charge < -0.3 is 17.1 Å². The van der Waals surface area contributed by atoms with Crippen molar-refractivity contribution in [2.45, 2.75) is 45.7 Å². The van der Waals surface area contributed by atoms with Crippen molar-refractivity contribution in [1.82, 2.24) is 0 Å². The van der Waals surface area contributed by atoms with Gasteiger partial charge in [-0.15, -0.1) is 0 Å². The van der Waals surface area contributed by atoms with Gasteiger partial charge in [0.2, 0.25) is 0 Å². The maximum Gasteiger partial charge on any atom is 0.322 e. The maximum atomic E-state index is 6.15. The summed E-state index contributed by atoms with van der Waals surface area (Å²) in [6.07, 6.45) is 0. The molecule has 0 saturated heterocycles. The van der Waals surface area contributed by atoms with Crippen molar-refractivity contribution in [3.8, 4) is 0 Å². The van der Waals surface area contributed by atoms with Crippen LogP contribution >= 0.6 is 0 Å². The fourth-order valence-corrected chi connectivity index (χ4v) is 12.0. The van der Waals surface area contributed by atoms with Gasteiger partial charge in [-0.2, -0.15) is 0 Å². The summed E-state index contributed by atoms with van der Waals surface area (Å²) in [5, 5.41) is 0. The van der Waals surface area contributed by atoms with Crippen molar-refractivity contribution >= 4 is 25.7 Å². The van der Waals surface area contributed by atoms with Crippen molar-refractivity contribution in [3.63, 3.8) is 0 Å². The van der Waals surface area contributed by atoms with Crippen LogP contribution in [0.25, 0.3) is 0 Å². The third-order valence-electron chi connectivity index (χ3n) is 2.55. The predicted molar refractivity (Wildman–Crippen MR) is 73.3 cm³/mol. The molecule has 98 valence electrons. The minimum absolute atomic E-state index is 0.909. The molecule has 0 spiro atoms. The maximum absolute atomic E-state index is 6.15. The van der Waals surface area contributed by atoms with Crippen molar-refractivity contribution in [1.29, 1.82) is 0 Å². The van der Waals surface area contributed by atoms with E-state index in [1.165, 1.54) is 0 Å². The van der Waals surface area contributed by atoms with Crippen LogP contribution in [0.2, 0.25) is 38.8 Å². The van der Waals surface area contributed by atoms with Crippen molar-refractivity contribution in [2.75, 3.05) is 14.2 Å². The van der Waals surface area contributed by atoms with Gasteiger partial charge >= 0.3 is 25.7 Å². The van der Waals surface area contributed by atoms with Gasteiger partial charge in [-0.05, 0) is 38.8 Å². The van der Waals surface area contributed by atoms with Crippen LogP contribution in [0.3, 0.4) is 0 Å². The van der Waals surface area contributed by atoms with E-state index in [1.54, 1.807) is 14.2 Å². The Morgan fingerprint density at radius 1 is 0.750 bits per heavy atom. The van der Waals surface area contributed by atoms with E-state index in [0.29, 0.717) is 0 Å². The molecule has 16 heavy (non-hydrogen) atoms. The van der Waals surface area contributed by atoms with Crippen LogP contribution < -0.4 is 0 Å². The summed E-state index contributed by atoms with van der Waals surface area (Å²) in [6.45, 7) is 12.4. The third-order valence-corrected chi connectivity index (χ3v) is 13.2. The molecule has 7 heteroatoms. The van der Waals surface area contributed by atoms with Crippen LogP contribution in [0, 0.1) is 0 Å². The van der Waals surface area contributed by atoms with E-state index in [4.69, 9.17) is 17.1 Å². The van der Waals surface area contributed by atoms with Gasteiger partial charge in [-0.1, -0.05) is 6.92 Å². The van der Waals surface area contributed by atoms with Gasteiger partial charge in [0.1, 0.15) is 0 Å². The molecular weight excluding hydrogens is 256 g/mol. The second kappa shape index (κ2) is 5.89. The van der Waals surface area contributed by atoms with Gasteiger partial charge in [0.05, 0.1) is 0 Å². The Hall–Kier alpha value is 0.491. The first-order valence-electron chi connectivity index (χ1n) is 5.60. The fourth-order valence-electron chi connectivity index (χ4n) is 1.29. The summed E-state index contributed by atoms with van der Waals surface area (Å²) >= 11 is 0. The highest BCUT2D eigenvalue weighted by Crippen LogP contribution is 2.24. The summed E-state index contributed by atoms with van der Waals surface area (Å²) in [7, 11) is -2.84. The SMILES string of the molecule is CC[Si](C)(O[Si](C)(C)OC)O[Si](C)(C)OC. The minimum Gasteiger partial charge on any atom is -0.415 e. The molecule has 0 aliphatic heterocycles. The van der Waals surface area contributed by atoms with Gasteiger partial charge in [-0.3, -0.25) is 0 Å². The van der Waals surface area contributed by atoms with Gasteiger partial charge in [0.15, 0.2) is 0 Å². The van der Waals surface area contributed by atoms with E-state index >= 15 is 0 Å². The molecule has 0 aromatic rings. The average molecular weight is 283 g/mol. The van der Waals surface area contributed by atoms with E-state index < -0.39 is 25.7 Å². The predicted octanol–water partition coefficient (Wildman–Crippen LogP) is 2.81. The topological polar surface area (TPSA) is 36.9 Å². The molecule has 0 rings (SSSR count). The Bertz CT molecular complexity index is 203.